The van der Waals surface area contributed by atoms with Crippen LogP contribution < -0.4 is 41.4 Å². The zero-order chi connectivity index (χ0) is 66.5. The van der Waals surface area contributed by atoms with Gasteiger partial charge < -0.3 is 50.5 Å². The van der Waals surface area contributed by atoms with Crippen LogP contribution in [0.1, 0.15) is 131 Å². The second-order valence-corrected chi connectivity index (χ2v) is 24.1. The van der Waals surface area contributed by atoms with Crippen molar-refractivity contribution in [1.29, 1.82) is 0 Å². The first-order chi connectivity index (χ1) is 40.8. The normalized spacial score (nSPS) is 10.9. The van der Waals surface area contributed by atoms with Crippen molar-refractivity contribution in [3.8, 4) is 23.0 Å². The van der Waals surface area contributed by atoms with Crippen molar-refractivity contribution in [2.45, 2.75) is 132 Å². The number of aromatic nitrogens is 2. The number of benzene rings is 4. The molecule has 0 fully saturated rings. The number of carbonyl (C=O) groups is 8. The molecular weight excluding hydrogens is 1220 g/mol. The Morgan fingerprint density at radius 3 is 1.12 bits per heavy atom. The highest BCUT2D eigenvalue weighted by molar-refractivity contribution is 6.93. The molecule has 6 N–H and O–H groups in total. The van der Waals surface area contributed by atoms with E-state index in [1.165, 1.54) is 36.5 Å². The van der Waals surface area contributed by atoms with E-state index >= 15 is 0 Å². The van der Waals surface area contributed by atoms with Crippen LogP contribution in [0.2, 0.25) is 10.0 Å². The molecule has 22 nitrogen and oxygen atoms in total. The van der Waals surface area contributed by atoms with E-state index in [9.17, 15) is 33.6 Å². The Balaban J connectivity index is 0.000000374. The van der Waals surface area contributed by atoms with Crippen LogP contribution >= 0.6 is 46.4 Å². The van der Waals surface area contributed by atoms with Crippen molar-refractivity contribution < 1.29 is 66.8 Å². The van der Waals surface area contributed by atoms with Crippen LogP contribution in [0.4, 0.5) is 62.9 Å². The van der Waals surface area contributed by atoms with Crippen molar-refractivity contribution in [3.63, 3.8) is 0 Å². The van der Waals surface area contributed by atoms with Gasteiger partial charge in [0, 0.05) is 60.1 Å². The molecule has 6 rings (SSSR count). The standard InChI is InChI=1S/C31H35ClN4O7.C16H23ClN2O4.C14H14N2O2.CCl2O/c1-8-26(37)24-18-22(15-16-33-24)41-21-12-9-19(10-13-21)34-27(38)35-20-11-14-23(32)25(17-20)36(28(39)42-30(2,3)4)29(40)43-31(5,6)7;1-15(2,3)22-13(20)19(14(21)23-16(4,5)6)12-9-10(18)7-8-11(12)17;1-2-14(17)13-9-12(7-8-16-13)18-11-5-3-10(15)4-6-11;2-1(3)4/h9-18H,8H2,1-7H3,(H2,34,35,38);7-9H,18H2,1-6H3;3-9H,2,15H2,1H3;. The molecule has 6 amide bonds. The number of anilines is 6. The van der Waals surface area contributed by atoms with E-state index in [4.69, 9.17) is 67.9 Å². The van der Waals surface area contributed by atoms with E-state index in [0.29, 0.717) is 69.2 Å². The summed E-state index contributed by atoms with van der Waals surface area (Å²) in [6.45, 7) is 23.7. The molecule has 0 saturated carbocycles. The SMILES string of the molecule is CC(C)(C)OC(=O)N(C(=O)OC(C)(C)C)c1cc(N)ccc1Cl.CCC(=O)c1cc(Oc2ccc(N)cc2)ccn1.CCC(=O)c1cc(Oc2ccc(NC(=O)Nc3ccc(Cl)c(N(C(=O)OC(C)(C)C)C(=O)OC(C)(C)C)c3)cc2)ccn1.O=C(Cl)Cl. The molecular formula is C62H72Cl4N8O14. The maximum absolute atomic E-state index is 13.0. The van der Waals surface area contributed by atoms with E-state index in [1.807, 2.05) is 0 Å². The molecule has 0 aliphatic carbocycles. The highest BCUT2D eigenvalue weighted by Crippen LogP contribution is 2.34. The Hall–Kier alpha value is -8.70. The number of nitrogen functional groups attached to an aromatic ring is 2. The van der Waals surface area contributed by atoms with E-state index < -0.39 is 57.5 Å². The lowest BCUT2D eigenvalue weighted by Gasteiger charge is -2.29. The molecule has 26 heteroatoms. The molecule has 2 aromatic heterocycles. The molecule has 472 valence electrons. The quantitative estimate of drug-likeness (QED) is 0.0383. The van der Waals surface area contributed by atoms with Gasteiger partial charge in [0.25, 0.3) is 0 Å². The maximum atomic E-state index is 13.0. The van der Waals surface area contributed by atoms with E-state index in [2.05, 4.69) is 43.8 Å². The summed E-state index contributed by atoms with van der Waals surface area (Å²) in [6, 6.07) is 28.4. The van der Waals surface area contributed by atoms with Crippen LogP contribution in [0.3, 0.4) is 0 Å². The molecule has 0 saturated heterocycles. The molecule has 0 atom stereocenters. The number of nitrogens with one attached hydrogen (secondary N) is 2. The minimum Gasteiger partial charge on any atom is -0.457 e. The van der Waals surface area contributed by atoms with Crippen LogP contribution in [0, 0.1) is 0 Å². The summed E-state index contributed by atoms with van der Waals surface area (Å²) in [5.41, 5.74) is 10.5. The smallest absolute Gasteiger partial charge is 0.424 e. The maximum Gasteiger partial charge on any atom is 0.424 e. The molecule has 0 radical (unpaired) electrons. The number of ether oxygens (including phenoxy) is 6. The van der Waals surface area contributed by atoms with Gasteiger partial charge in [-0.05, 0) is 203 Å². The summed E-state index contributed by atoms with van der Waals surface area (Å²) in [5.74, 6) is 2.11. The van der Waals surface area contributed by atoms with Gasteiger partial charge >= 0.3 is 35.1 Å². The number of Topliss-reactive ketones (excluding diaryl/α,β-unsaturated/α-hetero) is 2. The monoisotopic (exact) mass is 1290 g/mol. The van der Waals surface area contributed by atoms with Gasteiger partial charge in [0.15, 0.2) is 11.6 Å². The van der Waals surface area contributed by atoms with Gasteiger partial charge in [-0.3, -0.25) is 24.4 Å². The number of hydrogen-bond donors (Lipinski definition) is 4. The molecule has 88 heavy (non-hydrogen) atoms. The largest absolute Gasteiger partial charge is 0.457 e. The summed E-state index contributed by atoms with van der Waals surface area (Å²) in [5, 5.41) is 5.58. The van der Waals surface area contributed by atoms with E-state index in [1.54, 1.807) is 182 Å². The zero-order valence-electron chi connectivity index (χ0n) is 51.1. The van der Waals surface area contributed by atoms with Gasteiger partial charge in [0.1, 0.15) is 56.8 Å². The topological polar surface area (TPSA) is 300 Å². The summed E-state index contributed by atoms with van der Waals surface area (Å²) in [7, 11) is 0. The van der Waals surface area contributed by atoms with Gasteiger partial charge in [-0.2, -0.15) is 9.80 Å². The number of ketones is 2. The van der Waals surface area contributed by atoms with Crippen LogP contribution in [0.5, 0.6) is 23.0 Å². The van der Waals surface area contributed by atoms with Gasteiger partial charge in [0.05, 0.1) is 21.4 Å². The number of imide groups is 2. The third-order valence-electron chi connectivity index (χ3n) is 10.1. The van der Waals surface area contributed by atoms with Gasteiger partial charge in [0.2, 0.25) is 0 Å². The van der Waals surface area contributed by atoms with Crippen LogP contribution in [0.25, 0.3) is 0 Å². The highest BCUT2D eigenvalue weighted by atomic mass is 35.5. The molecule has 0 unspecified atom stereocenters. The van der Waals surface area contributed by atoms with E-state index in [-0.39, 0.29) is 38.7 Å². The number of hydrogen-bond acceptors (Lipinski definition) is 18. The average molecular weight is 1300 g/mol. The predicted octanol–water partition coefficient (Wildman–Crippen LogP) is 17.7. The summed E-state index contributed by atoms with van der Waals surface area (Å²) < 4.78 is 31.9. The fourth-order valence-electron chi connectivity index (χ4n) is 6.56. The minimum absolute atomic E-state index is 0.00208. The fourth-order valence-corrected chi connectivity index (χ4v) is 6.96. The number of halogens is 4. The lowest BCUT2D eigenvalue weighted by molar-refractivity contribution is 0.0408. The van der Waals surface area contributed by atoms with Gasteiger partial charge in [-0.25, -0.2) is 24.0 Å². The Bertz CT molecular complexity index is 3360. The molecule has 2 heterocycles. The second-order valence-electron chi connectivity index (χ2n) is 22.4. The Kier molecular flexibility index (Phi) is 27.5. The van der Waals surface area contributed by atoms with Crippen molar-refractivity contribution in [3.05, 3.63) is 143 Å². The van der Waals surface area contributed by atoms with E-state index in [0.717, 1.165) is 4.90 Å². The first kappa shape index (κ1) is 73.6. The Morgan fingerprint density at radius 2 is 0.761 bits per heavy atom. The first-order valence-corrected chi connectivity index (χ1v) is 28.4. The van der Waals surface area contributed by atoms with Crippen molar-refractivity contribution in [2.75, 3.05) is 31.9 Å². The third-order valence-corrected chi connectivity index (χ3v) is 10.7. The highest BCUT2D eigenvalue weighted by Gasteiger charge is 2.36. The average Bonchev–Trinajstić information content (AvgIpc) is 1.69. The van der Waals surface area contributed by atoms with Crippen molar-refractivity contribution in [1.82, 2.24) is 9.97 Å². The van der Waals surface area contributed by atoms with Crippen LogP contribution in [-0.2, 0) is 18.9 Å². The molecule has 0 aliphatic heterocycles. The number of nitrogens with two attached hydrogens (primary N) is 2. The molecule has 0 spiro atoms. The first-order valence-electron chi connectivity index (χ1n) is 26.9. The second kappa shape index (κ2) is 32.9. The molecule has 6 aromatic rings. The number of amides is 6. The number of nitrogens with zero attached hydrogens (tertiary/aromatic N) is 4. The van der Waals surface area contributed by atoms with Crippen molar-refractivity contribution >= 4 is 127 Å². The lowest BCUT2D eigenvalue weighted by atomic mass is 10.2. The van der Waals surface area contributed by atoms with Gasteiger partial charge in [-0.1, -0.05) is 37.0 Å². The Morgan fingerprint density at radius 1 is 0.443 bits per heavy atom. The summed E-state index contributed by atoms with van der Waals surface area (Å²) >= 11 is 21.3. The fraction of sp³-hybridized carbons (Fsp3) is 0.323. The molecule has 0 bridgehead atoms. The minimum atomic E-state index is -0.993. The molecule has 4 aromatic carbocycles. The Labute approximate surface area is 531 Å². The van der Waals surface area contributed by atoms with Gasteiger partial charge in [-0.15, -0.1) is 0 Å². The van der Waals surface area contributed by atoms with Crippen LogP contribution in [0.15, 0.2) is 122 Å². The number of urea groups is 1. The summed E-state index contributed by atoms with van der Waals surface area (Å²) in [6.07, 6.45) is 0.0648. The number of carbonyl (C=O) groups excluding carboxylic acids is 8. The zero-order valence-corrected chi connectivity index (χ0v) is 54.2. The molecule has 0 aliphatic rings. The number of rotatable bonds is 12. The van der Waals surface area contributed by atoms with Crippen LogP contribution in [-0.4, -0.2) is 79.0 Å². The lowest BCUT2D eigenvalue weighted by Crippen LogP contribution is -2.44. The predicted molar refractivity (Wildman–Crippen MR) is 342 cm³/mol. The number of pyridine rings is 2. The summed E-state index contributed by atoms with van der Waals surface area (Å²) in [4.78, 5) is 106. The third kappa shape index (κ3) is 26.9. The van der Waals surface area contributed by atoms with Crippen molar-refractivity contribution in [2.24, 2.45) is 0 Å².